The molecule has 1 saturated heterocycles. The van der Waals surface area contributed by atoms with E-state index in [1.165, 1.54) is 0 Å². The van der Waals surface area contributed by atoms with E-state index < -0.39 is 0 Å². The van der Waals surface area contributed by atoms with Crippen molar-refractivity contribution in [3.63, 3.8) is 0 Å². The van der Waals surface area contributed by atoms with E-state index in [0.717, 1.165) is 72.4 Å². The SMILES string of the molecule is Clc1ccc2nc(CN3CCCN(c4ncnc5[nH]ccc45)CC3)cn2c1. The van der Waals surface area contributed by atoms with Gasteiger partial charge in [0.1, 0.15) is 23.4 Å². The molecular weight excluding hydrogens is 362 g/mol. The molecule has 1 aliphatic rings. The van der Waals surface area contributed by atoms with Gasteiger partial charge in [-0.05, 0) is 24.6 Å². The molecule has 138 valence electrons. The number of H-pyrrole nitrogens is 1. The Morgan fingerprint density at radius 3 is 2.96 bits per heavy atom. The van der Waals surface area contributed by atoms with E-state index in [9.17, 15) is 0 Å². The summed E-state index contributed by atoms with van der Waals surface area (Å²) in [6, 6.07) is 5.88. The second kappa shape index (κ2) is 6.83. The Morgan fingerprint density at radius 2 is 2.00 bits per heavy atom. The molecule has 0 spiro atoms. The van der Waals surface area contributed by atoms with Crippen LogP contribution in [-0.4, -0.2) is 55.4 Å². The molecule has 0 saturated carbocycles. The van der Waals surface area contributed by atoms with E-state index in [0.29, 0.717) is 0 Å². The number of aromatic nitrogens is 5. The van der Waals surface area contributed by atoms with Crippen LogP contribution in [-0.2, 0) is 6.54 Å². The Kier molecular flexibility index (Phi) is 4.18. The highest BCUT2D eigenvalue weighted by atomic mass is 35.5. The Morgan fingerprint density at radius 1 is 1.04 bits per heavy atom. The lowest BCUT2D eigenvalue weighted by Crippen LogP contribution is -2.31. The Labute approximate surface area is 161 Å². The maximum Gasteiger partial charge on any atom is 0.142 e. The molecule has 1 N–H and O–H groups in total. The summed E-state index contributed by atoms with van der Waals surface area (Å²) in [7, 11) is 0. The molecular formula is C19H20ClN7. The third-order valence-corrected chi connectivity index (χ3v) is 5.30. The van der Waals surface area contributed by atoms with Gasteiger partial charge in [-0.1, -0.05) is 11.6 Å². The fraction of sp³-hybridized carbons (Fsp3) is 0.316. The molecule has 1 aliphatic heterocycles. The van der Waals surface area contributed by atoms with E-state index in [1.54, 1.807) is 6.33 Å². The Bertz CT molecular complexity index is 1090. The van der Waals surface area contributed by atoms with Crippen molar-refractivity contribution in [2.75, 3.05) is 31.1 Å². The third-order valence-electron chi connectivity index (χ3n) is 5.07. The summed E-state index contributed by atoms with van der Waals surface area (Å²) in [5, 5.41) is 1.81. The van der Waals surface area contributed by atoms with Crippen molar-refractivity contribution in [1.82, 2.24) is 29.2 Å². The van der Waals surface area contributed by atoms with Crippen molar-refractivity contribution in [3.05, 3.63) is 53.8 Å². The van der Waals surface area contributed by atoms with Crippen molar-refractivity contribution >= 4 is 34.1 Å². The van der Waals surface area contributed by atoms with Crippen LogP contribution in [0.4, 0.5) is 5.82 Å². The Hall–Kier alpha value is -2.64. The highest BCUT2D eigenvalue weighted by Crippen LogP contribution is 2.23. The molecule has 0 aromatic carbocycles. The normalized spacial score (nSPS) is 16.3. The first-order valence-electron chi connectivity index (χ1n) is 9.15. The zero-order chi connectivity index (χ0) is 18.2. The molecule has 0 bridgehead atoms. The van der Waals surface area contributed by atoms with Gasteiger partial charge in [0.05, 0.1) is 16.1 Å². The van der Waals surface area contributed by atoms with Gasteiger partial charge >= 0.3 is 0 Å². The lowest BCUT2D eigenvalue weighted by atomic mass is 10.3. The Balaban J connectivity index is 1.31. The number of imidazole rings is 1. The van der Waals surface area contributed by atoms with E-state index in [-0.39, 0.29) is 0 Å². The highest BCUT2D eigenvalue weighted by molar-refractivity contribution is 6.30. The molecule has 0 aliphatic carbocycles. The number of rotatable bonds is 3. The summed E-state index contributed by atoms with van der Waals surface area (Å²) in [5.74, 6) is 1.02. The number of nitrogens with one attached hydrogen (secondary N) is 1. The number of halogens is 1. The minimum atomic E-state index is 0.720. The molecule has 5 heterocycles. The van der Waals surface area contributed by atoms with Gasteiger partial charge in [0.2, 0.25) is 0 Å². The van der Waals surface area contributed by atoms with Crippen LogP contribution in [0.25, 0.3) is 16.7 Å². The fourth-order valence-corrected chi connectivity index (χ4v) is 3.94. The topological polar surface area (TPSA) is 65.4 Å². The second-order valence-electron chi connectivity index (χ2n) is 6.90. The number of hydrogen-bond acceptors (Lipinski definition) is 5. The molecule has 1 fully saturated rings. The van der Waals surface area contributed by atoms with Crippen molar-refractivity contribution in [2.45, 2.75) is 13.0 Å². The quantitative estimate of drug-likeness (QED) is 0.591. The summed E-state index contributed by atoms with van der Waals surface area (Å²) in [5.41, 5.74) is 2.90. The van der Waals surface area contributed by atoms with Crippen molar-refractivity contribution in [3.8, 4) is 0 Å². The summed E-state index contributed by atoms with van der Waals surface area (Å²) in [6.07, 6.45) is 8.61. The second-order valence-corrected chi connectivity index (χ2v) is 7.34. The van der Waals surface area contributed by atoms with Crippen molar-refractivity contribution in [2.24, 2.45) is 0 Å². The lowest BCUT2D eigenvalue weighted by molar-refractivity contribution is 0.282. The average molecular weight is 382 g/mol. The van der Waals surface area contributed by atoms with Crippen LogP contribution in [0, 0.1) is 0 Å². The molecule has 0 radical (unpaired) electrons. The molecule has 0 atom stereocenters. The van der Waals surface area contributed by atoms with Crippen LogP contribution in [0.3, 0.4) is 0 Å². The van der Waals surface area contributed by atoms with E-state index in [4.69, 9.17) is 16.6 Å². The molecule has 4 aromatic rings. The predicted molar refractivity (Wildman–Crippen MR) is 106 cm³/mol. The number of aromatic amines is 1. The summed E-state index contributed by atoms with van der Waals surface area (Å²) in [4.78, 5) is 21.5. The largest absolute Gasteiger partial charge is 0.355 e. The van der Waals surface area contributed by atoms with E-state index in [2.05, 4.69) is 37.0 Å². The predicted octanol–water partition coefficient (Wildman–Crippen LogP) is 2.97. The third kappa shape index (κ3) is 3.24. The van der Waals surface area contributed by atoms with E-state index in [1.807, 2.05) is 28.9 Å². The first-order chi connectivity index (χ1) is 13.3. The maximum atomic E-state index is 6.07. The van der Waals surface area contributed by atoms with Crippen LogP contribution >= 0.6 is 11.6 Å². The monoisotopic (exact) mass is 381 g/mol. The molecule has 0 unspecified atom stereocenters. The van der Waals surface area contributed by atoms with Crippen LogP contribution in [0.15, 0.2) is 43.1 Å². The van der Waals surface area contributed by atoms with E-state index >= 15 is 0 Å². The number of fused-ring (bicyclic) bond motifs is 2. The first-order valence-corrected chi connectivity index (χ1v) is 9.52. The highest BCUT2D eigenvalue weighted by Gasteiger charge is 2.19. The number of anilines is 1. The first kappa shape index (κ1) is 16.5. The van der Waals surface area contributed by atoms with Crippen LogP contribution in [0.2, 0.25) is 5.02 Å². The maximum absolute atomic E-state index is 6.07. The molecule has 8 heteroatoms. The van der Waals surface area contributed by atoms with Gasteiger partial charge in [-0.2, -0.15) is 0 Å². The van der Waals surface area contributed by atoms with Crippen molar-refractivity contribution in [1.29, 1.82) is 0 Å². The van der Waals surface area contributed by atoms with Crippen LogP contribution < -0.4 is 4.90 Å². The fourth-order valence-electron chi connectivity index (χ4n) is 3.77. The molecule has 27 heavy (non-hydrogen) atoms. The molecule has 7 nitrogen and oxygen atoms in total. The molecule has 0 amide bonds. The summed E-state index contributed by atoms with van der Waals surface area (Å²) < 4.78 is 1.99. The summed E-state index contributed by atoms with van der Waals surface area (Å²) in [6.45, 7) is 4.80. The zero-order valence-electron chi connectivity index (χ0n) is 14.8. The number of hydrogen-bond donors (Lipinski definition) is 1. The lowest BCUT2D eigenvalue weighted by Gasteiger charge is -2.22. The van der Waals surface area contributed by atoms with Gasteiger partial charge < -0.3 is 14.3 Å². The molecule has 4 aromatic heterocycles. The summed E-state index contributed by atoms with van der Waals surface area (Å²) >= 11 is 6.07. The van der Waals surface area contributed by atoms with Gasteiger partial charge in [-0.3, -0.25) is 4.90 Å². The minimum Gasteiger partial charge on any atom is -0.355 e. The number of pyridine rings is 1. The standard InChI is InChI=1S/C19H20ClN7/c20-14-2-3-17-24-15(12-27(17)10-14)11-25-6-1-7-26(9-8-25)19-16-4-5-21-18(16)22-13-23-19/h2-5,10,12-13H,1,6-9,11H2,(H,21,22,23). The van der Waals surface area contributed by atoms with Gasteiger partial charge in [-0.15, -0.1) is 0 Å². The minimum absolute atomic E-state index is 0.720. The van der Waals surface area contributed by atoms with Gasteiger partial charge in [0.15, 0.2) is 0 Å². The molecule has 5 rings (SSSR count). The zero-order valence-corrected chi connectivity index (χ0v) is 15.6. The van der Waals surface area contributed by atoms with Gasteiger partial charge in [-0.25, -0.2) is 15.0 Å². The van der Waals surface area contributed by atoms with Crippen LogP contribution in [0.5, 0.6) is 0 Å². The number of nitrogens with zero attached hydrogens (tertiary/aromatic N) is 6. The van der Waals surface area contributed by atoms with Gasteiger partial charge in [0, 0.05) is 51.3 Å². The van der Waals surface area contributed by atoms with Gasteiger partial charge in [0.25, 0.3) is 0 Å². The van der Waals surface area contributed by atoms with Crippen molar-refractivity contribution < 1.29 is 0 Å². The average Bonchev–Trinajstić information content (AvgIpc) is 3.23. The smallest absolute Gasteiger partial charge is 0.142 e. The van der Waals surface area contributed by atoms with Crippen LogP contribution in [0.1, 0.15) is 12.1 Å².